The summed E-state index contributed by atoms with van der Waals surface area (Å²) in [5.41, 5.74) is 0. The molecule has 2 atom stereocenters. The van der Waals surface area contributed by atoms with E-state index in [0.29, 0.717) is 25.7 Å². The van der Waals surface area contributed by atoms with Crippen LogP contribution in [0.25, 0.3) is 0 Å². The summed E-state index contributed by atoms with van der Waals surface area (Å²) in [6, 6.07) is -1.38. The van der Waals surface area contributed by atoms with Crippen LogP contribution >= 0.6 is 0 Å². The Morgan fingerprint density at radius 2 is 1.32 bits per heavy atom. The molecule has 25 heavy (non-hydrogen) atoms. The lowest BCUT2D eigenvalue weighted by molar-refractivity contribution is -0.539. The topological polar surface area (TPSA) is 103 Å². The van der Waals surface area contributed by atoms with Crippen molar-refractivity contribution in [2.45, 2.75) is 96.1 Å². The van der Waals surface area contributed by atoms with Gasteiger partial charge in [0.05, 0.1) is 0 Å². The van der Waals surface area contributed by atoms with Crippen molar-refractivity contribution in [3.8, 4) is 0 Å². The summed E-state index contributed by atoms with van der Waals surface area (Å²) in [5.74, 6) is 0. The van der Waals surface area contributed by atoms with Gasteiger partial charge in [0.15, 0.2) is 0 Å². The second kappa shape index (κ2) is 15.7. The second-order valence-electron chi connectivity index (χ2n) is 6.45. The highest BCUT2D eigenvalue weighted by Crippen LogP contribution is 2.16. The molecule has 0 spiro atoms. The number of carbonyl (C=O) groups is 1. The van der Waals surface area contributed by atoms with Gasteiger partial charge < -0.3 is 4.79 Å². The Hall–Kier alpha value is -1.79. The van der Waals surface area contributed by atoms with Gasteiger partial charge in [0.25, 0.3) is 0 Å². The van der Waals surface area contributed by atoms with E-state index < -0.39 is 12.1 Å². The number of rotatable bonds is 17. The quantitative estimate of drug-likeness (QED) is 0.123. The molecule has 0 aromatic carbocycles. The first kappa shape index (κ1) is 23.2. The van der Waals surface area contributed by atoms with Gasteiger partial charge in [0.2, 0.25) is 12.1 Å². The molecule has 0 aliphatic carbocycles. The summed E-state index contributed by atoms with van der Waals surface area (Å²) in [4.78, 5) is 31.8. The number of nitrogens with zero attached hydrogens (tertiary/aromatic N) is 2. The Labute approximate surface area is 150 Å². The molecule has 0 N–H and O–H groups in total. The van der Waals surface area contributed by atoms with Crippen LogP contribution in [0.2, 0.25) is 0 Å². The number of hydrogen-bond acceptors (Lipinski definition) is 5. The van der Waals surface area contributed by atoms with Crippen LogP contribution in [0.15, 0.2) is 12.2 Å². The maximum absolute atomic E-state index is 11.2. The van der Waals surface area contributed by atoms with Crippen molar-refractivity contribution >= 4 is 6.29 Å². The minimum absolute atomic E-state index is 0.262. The first-order valence-corrected chi connectivity index (χ1v) is 9.38. The Morgan fingerprint density at radius 3 is 1.88 bits per heavy atom. The molecule has 0 saturated carbocycles. The Morgan fingerprint density at radius 1 is 0.760 bits per heavy atom. The second-order valence-corrected chi connectivity index (χ2v) is 6.45. The van der Waals surface area contributed by atoms with Crippen molar-refractivity contribution in [2.75, 3.05) is 0 Å². The minimum Gasteiger partial charge on any atom is -0.303 e. The van der Waals surface area contributed by atoms with Crippen molar-refractivity contribution in [2.24, 2.45) is 0 Å². The summed E-state index contributed by atoms with van der Waals surface area (Å²) >= 11 is 0. The predicted molar refractivity (Wildman–Crippen MR) is 97.8 cm³/mol. The molecule has 0 saturated heterocycles. The van der Waals surface area contributed by atoms with Crippen LogP contribution < -0.4 is 0 Å². The van der Waals surface area contributed by atoms with Crippen LogP contribution in [0.4, 0.5) is 0 Å². The first-order chi connectivity index (χ1) is 12.0. The van der Waals surface area contributed by atoms with Crippen molar-refractivity contribution in [3.63, 3.8) is 0 Å². The molecule has 144 valence electrons. The third-order valence-electron chi connectivity index (χ3n) is 4.35. The molecule has 0 aliphatic heterocycles. The van der Waals surface area contributed by atoms with E-state index in [1.54, 1.807) is 0 Å². The van der Waals surface area contributed by atoms with Gasteiger partial charge in [0.1, 0.15) is 6.29 Å². The van der Waals surface area contributed by atoms with E-state index >= 15 is 0 Å². The van der Waals surface area contributed by atoms with Gasteiger partial charge in [-0.1, -0.05) is 31.9 Å². The van der Waals surface area contributed by atoms with Gasteiger partial charge in [-0.2, -0.15) is 0 Å². The molecule has 7 nitrogen and oxygen atoms in total. The third-order valence-corrected chi connectivity index (χ3v) is 4.35. The number of hydrogen-bond donors (Lipinski definition) is 0. The fourth-order valence-corrected chi connectivity index (χ4v) is 2.74. The minimum atomic E-state index is -0.715. The van der Waals surface area contributed by atoms with E-state index in [-0.39, 0.29) is 22.7 Å². The molecule has 7 heteroatoms. The van der Waals surface area contributed by atoms with Gasteiger partial charge in [0, 0.05) is 42.0 Å². The standard InChI is InChI=1S/C18H32N2O5/c1-2-3-9-12-17(19(22)23)14-15-18(20(24)25)13-10-7-5-4-6-8-11-16-21/h5,7,16-18H,2-4,6,8-15H2,1H3. The lowest BCUT2D eigenvalue weighted by atomic mass is 9.99. The van der Waals surface area contributed by atoms with E-state index in [0.717, 1.165) is 44.8 Å². The smallest absolute Gasteiger partial charge is 0.213 e. The zero-order valence-corrected chi connectivity index (χ0v) is 15.3. The van der Waals surface area contributed by atoms with Gasteiger partial charge in [-0.3, -0.25) is 20.2 Å². The summed E-state index contributed by atoms with van der Waals surface area (Å²) in [7, 11) is 0. The van der Waals surface area contributed by atoms with E-state index in [2.05, 4.69) is 0 Å². The van der Waals surface area contributed by atoms with Gasteiger partial charge in [-0.15, -0.1) is 0 Å². The number of carbonyl (C=O) groups excluding carboxylic acids is 1. The van der Waals surface area contributed by atoms with Crippen LogP contribution in [0, 0.1) is 20.2 Å². The molecular weight excluding hydrogens is 324 g/mol. The normalized spacial score (nSPS) is 13.6. The van der Waals surface area contributed by atoms with Crippen LogP contribution in [0.1, 0.15) is 84.0 Å². The lowest BCUT2D eigenvalue weighted by Crippen LogP contribution is -2.25. The first-order valence-electron chi connectivity index (χ1n) is 9.38. The van der Waals surface area contributed by atoms with E-state index in [1.807, 2.05) is 19.1 Å². The van der Waals surface area contributed by atoms with Crippen LogP contribution in [-0.2, 0) is 4.79 Å². The molecule has 0 bridgehead atoms. The monoisotopic (exact) mass is 356 g/mol. The number of nitro groups is 2. The Balaban J connectivity index is 4.14. The van der Waals surface area contributed by atoms with Gasteiger partial charge in [-0.25, -0.2) is 0 Å². The zero-order valence-electron chi connectivity index (χ0n) is 15.3. The SMILES string of the molecule is CCCCCC(CCC(CCC=CCCCCC=O)[N+](=O)[O-])[N+](=O)[O-]. The average molecular weight is 356 g/mol. The zero-order chi connectivity index (χ0) is 18.9. The molecule has 0 heterocycles. The van der Waals surface area contributed by atoms with Crippen LogP contribution in [0.5, 0.6) is 0 Å². The highest BCUT2D eigenvalue weighted by Gasteiger charge is 2.26. The van der Waals surface area contributed by atoms with Crippen molar-refractivity contribution in [1.29, 1.82) is 0 Å². The number of aldehydes is 1. The Bertz CT molecular complexity index is 412. The summed E-state index contributed by atoms with van der Waals surface area (Å²) < 4.78 is 0. The van der Waals surface area contributed by atoms with Gasteiger partial charge in [-0.05, 0) is 32.1 Å². The summed E-state index contributed by atoms with van der Waals surface area (Å²) in [6.07, 6.45) is 12.9. The van der Waals surface area contributed by atoms with Crippen LogP contribution in [-0.4, -0.2) is 28.2 Å². The van der Waals surface area contributed by atoms with Crippen molar-refractivity contribution in [1.82, 2.24) is 0 Å². The molecule has 0 aromatic rings. The average Bonchev–Trinajstić information content (AvgIpc) is 2.57. The Kier molecular flexibility index (Phi) is 14.6. The number of unbranched alkanes of at least 4 members (excludes halogenated alkanes) is 5. The van der Waals surface area contributed by atoms with E-state index in [9.17, 15) is 25.0 Å². The lowest BCUT2D eigenvalue weighted by Gasteiger charge is -2.12. The molecule has 0 radical (unpaired) electrons. The van der Waals surface area contributed by atoms with Crippen LogP contribution in [0.3, 0.4) is 0 Å². The maximum atomic E-state index is 11.2. The fourth-order valence-electron chi connectivity index (χ4n) is 2.74. The summed E-state index contributed by atoms with van der Waals surface area (Å²) in [5, 5.41) is 22.2. The summed E-state index contributed by atoms with van der Waals surface area (Å²) in [6.45, 7) is 2.04. The maximum Gasteiger partial charge on any atom is 0.213 e. The van der Waals surface area contributed by atoms with E-state index in [4.69, 9.17) is 0 Å². The molecule has 0 amide bonds. The fraction of sp³-hybridized carbons (Fsp3) is 0.833. The molecular formula is C18H32N2O5. The molecule has 0 rings (SSSR count). The molecule has 0 aromatic heterocycles. The predicted octanol–water partition coefficient (Wildman–Crippen LogP) is 4.73. The highest BCUT2D eigenvalue weighted by atomic mass is 16.6. The third kappa shape index (κ3) is 13.2. The molecule has 0 aliphatic rings. The van der Waals surface area contributed by atoms with E-state index in [1.165, 1.54) is 0 Å². The molecule has 0 fully saturated rings. The molecule has 2 unspecified atom stereocenters. The van der Waals surface area contributed by atoms with Crippen molar-refractivity contribution < 1.29 is 14.6 Å². The van der Waals surface area contributed by atoms with Crippen molar-refractivity contribution in [3.05, 3.63) is 32.4 Å². The highest BCUT2D eigenvalue weighted by molar-refractivity contribution is 5.48. The largest absolute Gasteiger partial charge is 0.303 e. The van der Waals surface area contributed by atoms with Gasteiger partial charge >= 0.3 is 0 Å². The number of allylic oxidation sites excluding steroid dienone is 2.